The van der Waals surface area contributed by atoms with Gasteiger partial charge in [-0.25, -0.2) is 0 Å². The predicted octanol–water partition coefficient (Wildman–Crippen LogP) is 3.78. The second kappa shape index (κ2) is 3.92. The summed E-state index contributed by atoms with van der Waals surface area (Å²) in [6.07, 6.45) is 1.89. The largest absolute Gasteiger partial charge is 0.276 e. The minimum atomic E-state index is 0.953. The molecule has 0 aliphatic carbocycles. The number of aromatic amines is 1. The van der Waals surface area contributed by atoms with Crippen LogP contribution in [0.15, 0.2) is 60.8 Å². The highest BCUT2D eigenvalue weighted by atomic mass is 15.1. The summed E-state index contributed by atoms with van der Waals surface area (Å²) >= 11 is 0. The van der Waals surface area contributed by atoms with Gasteiger partial charge in [0, 0.05) is 22.5 Å². The zero-order valence-corrected chi connectivity index (χ0v) is 10.2. The summed E-state index contributed by atoms with van der Waals surface area (Å²) in [6, 6.07) is 18.3. The molecular weight excluding hydrogens is 234 g/mol. The zero-order chi connectivity index (χ0) is 12.7. The Kier molecular flexibility index (Phi) is 2.12. The lowest BCUT2D eigenvalue weighted by molar-refractivity contribution is 1.13. The number of pyridine rings is 1. The minimum absolute atomic E-state index is 0.953. The third-order valence-corrected chi connectivity index (χ3v) is 3.36. The molecule has 0 fully saturated rings. The Hall–Kier alpha value is -2.68. The summed E-state index contributed by atoms with van der Waals surface area (Å²) in [4.78, 5) is 4.51. The van der Waals surface area contributed by atoms with E-state index in [4.69, 9.17) is 0 Å². The smallest absolute Gasteiger partial charge is 0.101 e. The molecule has 2 heterocycles. The number of H-pyrrole nitrogens is 1. The third kappa shape index (κ3) is 1.52. The van der Waals surface area contributed by atoms with Gasteiger partial charge in [-0.1, -0.05) is 48.5 Å². The van der Waals surface area contributed by atoms with E-state index in [1.807, 2.05) is 42.6 Å². The molecule has 4 rings (SSSR count). The minimum Gasteiger partial charge on any atom is -0.276 e. The molecule has 0 aliphatic rings. The molecule has 2 aromatic carbocycles. The van der Waals surface area contributed by atoms with Crippen molar-refractivity contribution in [1.82, 2.24) is 15.2 Å². The summed E-state index contributed by atoms with van der Waals surface area (Å²) in [5, 5.41) is 9.76. The summed E-state index contributed by atoms with van der Waals surface area (Å²) < 4.78 is 0. The van der Waals surface area contributed by atoms with Gasteiger partial charge in [-0.05, 0) is 6.07 Å². The van der Waals surface area contributed by atoms with Crippen LogP contribution in [0.5, 0.6) is 0 Å². The van der Waals surface area contributed by atoms with Crippen LogP contribution in [0, 0.1) is 0 Å². The maximum absolute atomic E-state index is 4.51. The Balaban J connectivity index is 2.08. The normalized spacial score (nSPS) is 11.2. The Morgan fingerprint density at radius 2 is 1.58 bits per heavy atom. The number of nitrogens with zero attached hydrogens (tertiary/aromatic N) is 2. The first-order valence-corrected chi connectivity index (χ1v) is 6.21. The van der Waals surface area contributed by atoms with Crippen molar-refractivity contribution >= 4 is 21.8 Å². The van der Waals surface area contributed by atoms with Crippen molar-refractivity contribution in [2.24, 2.45) is 0 Å². The number of rotatable bonds is 1. The molecule has 1 N–H and O–H groups in total. The van der Waals surface area contributed by atoms with Crippen LogP contribution in [0.4, 0.5) is 0 Å². The first-order valence-electron chi connectivity index (χ1n) is 6.21. The Morgan fingerprint density at radius 1 is 0.789 bits per heavy atom. The number of fused-ring (bicyclic) bond motifs is 3. The van der Waals surface area contributed by atoms with Crippen molar-refractivity contribution in [3.05, 3.63) is 60.8 Å². The van der Waals surface area contributed by atoms with Gasteiger partial charge in [-0.15, -0.1) is 0 Å². The number of para-hydroxylation sites is 1. The Labute approximate surface area is 109 Å². The van der Waals surface area contributed by atoms with Gasteiger partial charge in [0.1, 0.15) is 5.69 Å². The molecular formula is C16H11N3. The molecule has 0 aliphatic heterocycles. The molecule has 0 unspecified atom stereocenters. The Morgan fingerprint density at radius 3 is 2.47 bits per heavy atom. The second-order valence-corrected chi connectivity index (χ2v) is 4.50. The fraction of sp³-hybridized carbons (Fsp3) is 0. The molecule has 0 saturated heterocycles. The third-order valence-electron chi connectivity index (χ3n) is 3.36. The van der Waals surface area contributed by atoms with Crippen LogP contribution in [-0.4, -0.2) is 15.2 Å². The van der Waals surface area contributed by atoms with Crippen LogP contribution in [0.1, 0.15) is 0 Å². The molecule has 19 heavy (non-hydrogen) atoms. The summed E-state index contributed by atoms with van der Waals surface area (Å²) in [5.74, 6) is 0. The number of nitrogens with one attached hydrogen (secondary N) is 1. The second-order valence-electron chi connectivity index (χ2n) is 4.50. The van der Waals surface area contributed by atoms with E-state index in [9.17, 15) is 0 Å². The van der Waals surface area contributed by atoms with Gasteiger partial charge >= 0.3 is 0 Å². The van der Waals surface area contributed by atoms with Crippen LogP contribution < -0.4 is 0 Å². The van der Waals surface area contributed by atoms with Crippen LogP contribution in [0.25, 0.3) is 33.1 Å². The fourth-order valence-corrected chi connectivity index (χ4v) is 2.43. The van der Waals surface area contributed by atoms with Crippen molar-refractivity contribution < 1.29 is 0 Å². The van der Waals surface area contributed by atoms with Crippen LogP contribution in [-0.2, 0) is 0 Å². The number of hydrogen-bond donors (Lipinski definition) is 1. The molecule has 3 nitrogen and oxygen atoms in total. The molecule has 0 radical (unpaired) electrons. The van der Waals surface area contributed by atoms with E-state index in [-0.39, 0.29) is 0 Å². The maximum Gasteiger partial charge on any atom is 0.101 e. The van der Waals surface area contributed by atoms with Gasteiger partial charge < -0.3 is 0 Å². The van der Waals surface area contributed by atoms with Crippen LogP contribution in [0.3, 0.4) is 0 Å². The lowest BCUT2D eigenvalue weighted by atomic mass is 10.1. The highest BCUT2D eigenvalue weighted by molar-refractivity contribution is 6.07. The standard InChI is InChI=1S/C16H11N3/c1-2-6-11(7-3-1)15-13-10-17-14-9-5-4-8-12(14)16(13)19-18-15/h1-10H,(H,18,19). The average molecular weight is 245 g/mol. The van der Waals surface area contributed by atoms with Gasteiger partial charge in [0.15, 0.2) is 0 Å². The number of hydrogen-bond acceptors (Lipinski definition) is 2. The van der Waals surface area contributed by atoms with Gasteiger partial charge in [0.2, 0.25) is 0 Å². The van der Waals surface area contributed by atoms with Crippen molar-refractivity contribution in [2.45, 2.75) is 0 Å². The van der Waals surface area contributed by atoms with E-state index >= 15 is 0 Å². The highest BCUT2D eigenvalue weighted by Gasteiger charge is 2.10. The molecule has 2 aromatic heterocycles. The quantitative estimate of drug-likeness (QED) is 0.554. The van der Waals surface area contributed by atoms with Gasteiger partial charge in [-0.3, -0.25) is 10.1 Å². The molecule has 0 bridgehead atoms. The van der Waals surface area contributed by atoms with E-state index in [2.05, 4.69) is 33.4 Å². The molecule has 4 aromatic rings. The molecule has 0 amide bonds. The van der Waals surface area contributed by atoms with E-state index in [1.54, 1.807) is 0 Å². The van der Waals surface area contributed by atoms with E-state index in [1.165, 1.54) is 0 Å². The zero-order valence-electron chi connectivity index (χ0n) is 10.2. The monoisotopic (exact) mass is 245 g/mol. The molecule has 0 saturated carbocycles. The van der Waals surface area contributed by atoms with Crippen molar-refractivity contribution in [2.75, 3.05) is 0 Å². The fourth-order valence-electron chi connectivity index (χ4n) is 2.43. The summed E-state index contributed by atoms with van der Waals surface area (Å²) in [6.45, 7) is 0. The number of aromatic nitrogens is 3. The summed E-state index contributed by atoms with van der Waals surface area (Å²) in [5.41, 5.74) is 4.09. The van der Waals surface area contributed by atoms with E-state index < -0.39 is 0 Å². The SMILES string of the molecule is c1ccc(-c2n[nH]c3c2cnc2ccccc23)cc1. The lowest BCUT2D eigenvalue weighted by Gasteiger charge is -1.99. The lowest BCUT2D eigenvalue weighted by Crippen LogP contribution is -1.80. The van der Waals surface area contributed by atoms with Gasteiger partial charge in [-0.2, -0.15) is 5.10 Å². The topological polar surface area (TPSA) is 41.6 Å². The first-order chi connectivity index (χ1) is 9.43. The predicted molar refractivity (Wildman–Crippen MR) is 76.8 cm³/mol. The van der Waals surface area contributed by atoms with E-state index in [0.29, 0.717) is 0 Å². The maximum atomic E-state index is 4.51. The average Bonchev–Trinajstić information content (AvgIpc) is 2.92. The van der Waals surface area contributed by atoms with Gasteiger partial charge in [0.05, 0.1) is 11.0 Å². The van der Waals surface area contributed by atoms with Crippen LogP contribution in [0.2, 0.25) is 0 Å². The molecule has 0 atom stereocenters. The van der Waals surface area contributed by atoms with Crippen molar-refractivity contribution in [3.63, 3.8) is 0 Å². The molecule has 90 valence electrons. The molecule has 0 spiro atoms. The first kappa shape index (κ1) is 10.3. The van der Waals surface area contributed by atoms with E-state index in [0.717, 1.165) is 33.1 Å². The van der Waals surface area contributed by atoms with Crippen LogP contribution >= 0.6 is 0 Å². The Bertz CT molecular complexity index is 863. The van der Waals surface area contributed by atoms with Crippen molar-refractivity contribution in [3.8, 4) is 11.3 Å². The molecule has 3 heteroatoms. The van der Waals surface area contributed by atoms with Gasteiger partial charge in [0.25, 0.3) is 0 Å². The van der Waals surface area contributed by atoms with Crippen molar-refractivity contribution in [1.29, 1.82) is 0 Å². The number of benzene rings is 2. The summed E-state index contributed by atoms with van der Waals surface area (Å²) in [7, 11) is 0. The highest BCUT2D eigenvalue weighted by Crippen LogP contribution is 2.29.